The van der Waals surface area contributed by atoms with Gasteiger partial charge in [0.2, 0.25) is 0 Å². The molecule has 62 valence electrons. The monoisotopic (exact) mass is 156 g/mol. The van der Waals surface area contributed by atoms with Gasteiger partial charge in [-0.05, 0) is 19.2 Å². The summed E-state index contributed by atoms with van der Waals surface area (Å²) in [6, 6.07) is -0.281. The lowest BCUT2D eigenvalue weighted by Crippen LogP contribution is -2.43. The Hall–Kier alpha value is -1.03. The van der Waals surface area contributed by atoms with E-state index in [9.17, 15) is 4.79 Å². The van der Waals surface area contributed by atoms with Gasteiger partial charge in [-0.2, -0.15) is 0 Å². The molecule has 0 spiro atoms. The molecular formula is C7H12N2O2. The van der Waals surface area contributed by atoms with Crippen LogP contribution in [0.5, 0.6) is 0 Å². The summed E-state index contributed by atoms with van der Waals surface area (Å²) in [5, 5.41) is 5.84. The molecule has 1 heterocycles. The summed E-state index contributed by atoms with van der Waals surface area (Å²) in [4.78, 5) is 11.0. The van der Waals surface area contributed by atoms with Crippen LogP contribution in [0, 0.1) is 0 Å². The number of nitrogens with one attached hydrogen (secondary N) is 2. The van der Waals surface area contributed by atoms with Crippen LogP contribution in [-0.4, -0.2) is 25.3 Å². The summed E-state index contributed by atoms with van der Waals surface area (Å²) in [7, 11) is 0. The predicted octanol–water partition coefficient (Wildman–Crippen LogP) is -0.418. The molecule has 0 saturated heterocycles. The summed E-state index contributed by atoms with van der Waals surface area (Å²) in [5.41, 5.74) is 0. The third-order valence-corrected chi connectivity index (χ3v) is 1.37. The van der Waals surface area contributed by atoms with Gasteiger partial charge in [0, 0.05) is 0 Å². The Morgan fingerprint density at radius 1 is 1.82 bits per heavy atom. The molecule has 4 heteroatoms. The van der Waals surface area contributed by atoms with E-state index >= 15 is 0 Å². The minimum Gasteiger partial charge on any atom is -0.465 e. The quantitative estimate of drug-likeness (QED) is 0.533. The van der Waals surface area contributed by atoms with Gasteiger partial charge in [-0.25, -0.2) is 0 Å². The predicted molar refractivity (Wildman–Crippen MR) is 40.7 cm³/mol. The van der Waals surface area contributed by atoms with Crippen molar-refractivity contribution in [1.29, 1.82) is 0 Å². The fourth-order valence-electron chi connectivity index (χ4n) is 0.854. The Morgan fingerprint density at radius 3 is 3.18 bits per heavy atom. The number of esters is 1. The third kappa shape index (κ3) is 2.23. The smallest absolute Gasteiger partial charge is 0.327 e. The van der Waals surface area contributed by atoms with Gasteiger partial charge in [-0.15, -0.1) is 0 Å². The highest BCUT2D eigenvalue weighted by Crippen LogP contribution is 1.93. The first-order chi connectivity index (χ1) is 5.34. The van der Waals surface area contributed by atoms with E-state index in [1.165, 1.54) is 0 Å². The van der Waals surface area contributed by atoms with Gasteiger partial charge in [0.1, 0.15) is 6.04 Å². The molecule has 2 N–H and O–H groups in total. The molecule has 1 aliphatic heterocycles. The Morgan fingerprint density at radius 2 is 2.64 bits per heavy atom. The normalized spacial score (nSPS) is 22.5. The fraction of sp³-hybridized carbons (Fsp3) is 0.571. The lowest BCUT2D eigenvalue weighted by molar-refractivity contribution is -0.144. The van der Waals surface area contributed by atoms with Crippen molar-refractivity contribution < 1.29 is 9.53 Å². The molecule has 0 aliphatic carbocycles. The fourth-order valence-corrected chi connectivity index (χ4v) is 0.854. The summed E-state index contributed by atoms with van der Waals surface area (Å²) in [6.45, 7) is 2.83. The van der Waals surface area contributed by atoms with Crippen molar-refractivity contribution in [1.82, 2.24) is 10.6 Å². The molecule has 1 atom stereocenters. The van der Waals surface area contributed by atoms with Crippen LogP contribution >= 0.6 is 0 Å². The molecule has 11 heavy (non-hydrogen) atoms. The minimum absolute atomic E-state index is 0.217. The van der Waals surface area contributed by atoms with Crippen LogP contribution in [0.25, 0.3) is 0 Å². The summed E-state index contributed by atoms with van der Waals surface area (Å²) in [5.74, 6) is -0.217. The van der Waals surface area contributed by atoms with Crippen LogP contribution in [0.4, 0.5) is 0 Å². The van der Waals surface area contributed by atoms with Crippen molar-refractivity contribution >= 4 is 5.97 Å². The van der Waals surface area contributed by atoms with Gasteiger partial charge in [-0.1, -0.05) is 0 Å². The molecule has 0 saturated carbocycles. The standard InChI is InChI=1S/C7H12N2O2/c1-2-11-7(10)6-3-4-8-5-9-6/h3-4,6,8-9H,2,5H2,1H3. The van der Waals surface area contributed by atoms with E-state index in [1.54, 1.807) is 19.2 Å². The van der Waals surface area contributed by atoms with Gasteiger partial charge in [0.05, 0.1) is 13.3 Å². The van der Waals surface area contributed by atoms with Crippen LogP contribution in [-0.2, 0) is 9.53 Å². The zero-order valence-electron chi connectivity index (χ0n) is 6.46. The molecule has 1 unspecified atom stereocenters. The number of rotatable bonds is 2. The molecule has 1 rings (SSSR count). The van der Waals surface area contributed by atoms with Crippen LogP contribution in [0.3, 0.4) is 0 Å². The lowest BCUT2D eigenvalue weighted by atomic mass is 10.3. The summed E-state index contributed by atoms with van der Waals surface area (Å²) in [6.07, 6.45) is 3.49. The molecule has 0 aromatic carbocycles. The first kappa shape index (κ1) is 8.07. The average Bonchev–Trinajstić information content (AvgIpc) is 2.07. The van der Waals surface area contributed by atoms with Crippen LogP contribution < -0.4 is 10.6 Å². The van der Waals surface area contributed by atoms with Crippen molar-refractivity contribution in [2.75, 3.05) is 13.3 Å². The Kier molecular flexibility index (Phi) is 2.92. The highest BCUT2D eigenvalue weighted by Gasteiger charge is 2.16. The van der Waals surface area contributed by atoms with E-state index in [0.29, 0.717) is 13.3 Å². The molecule has 0 radical (unpaired) electrons. The van der Waals surface area contributed by atoms with E-state index in [1.807, 2.05) is 0 Å². The second-order valence-corrected chi connectivity index (χ2v) is 2.17. The summed E-state index contributed by atoms with van der Waals surface area (Å²) < 4.78 is 4.80. The van der Waals surface area contributed by atoms with Crippen LogP contribution in [0.15, 0.2) is 12.3 Å². The second kappa shape index (κ2) is 3.98. The van der Waals surface area contributed by atoms with Crippen LogP contribution in [0.2, 0.25) is 0 Å². The molecule has 0 fully saturated rings. The van der Waals surface area contributed by atoms with Gasteiger partial charge in [0.25, 0.3) is 0 Å². The van der Waals surface area contributed by atoms with E-state index in [0.717, 1.165) is 0 Å². The Balaban J connectivity index is 2.39. The minimum atomic E-state index is -0.281. The average molecular weight is 156 g/mol. The van der Waals surface area contributed by atoms with Crippen molar-refractivity contribution in [3.05, 3.63) is 12.3 Å². The number of hydrogen-bond donors (Lipinski definition) is 2. The van der Waals surface area contributed by atoms with Gasteiger partial charge >= 0.3 is 5.97 Å². The van der Waals surface area contributed by atoms with E-state index in [2.05, 4.69) is 10.6 Å². The van der Waals surface area contributed by atoms with E-state index in [4.69, 9.17) is 4.74 Å². The molecule has 1 aliphatic rings. The van der Waals surface area contributed by atoms with Gasteiger partial charge < -0.3 is 10.1 Å². The lowest BCUT2D eigenvalue weighted by Gasteiger charge is -2.17. The summed E-state index contributed by atoms with van der Waals surface area (Å²) >= 11 is 0. The van der Waals surface area contributed by atoms with Gasteiger partial charge in [-0.3, -0.25) is 10.1 Å². The van der Waals surface area contributed by atoms with Crippen molar-refractivity contribution in [3.8, 4) is 0 Å². The molecule has 0 aromatic heterocycles. The zero-order chi connectivity index (χ0) is 8.10. The molecule has 4 nitrogen and oxygen atoms in total. The SMILES string of the molecule is CCOC(=O)C1C=CNCN1. The van der Waals surface area contributed by atoms with Crippen molar-refractivity contribution in [3.63, 3.8) is 0 Å². The van der Waals surface area contributed by atoms with E-state index in [-0.39, 0.29) is 12.0 Å². The number of carbonyl (C=O) groups excluding carboxylic acids is 1. The number of hydrogen-bond acceptors (Lipinski definition) is 4. The van der Waals surface area contributed by atoms with Crippen LogP contribution in [0.1, 0.15) is 6.92 Å². The highest BCUT2D eigenvalue weighted by molar-refractivity contribution is 5.78. The first-order valence-corrected chi connectivity index (χ1v) is 3.64. The maximum atomic E-state index is 11.0. The molecule has 0 bridgehead atoms. The number of ether oxygens (including phenoxy) is 1. The van der Waals surface area contributed by atoms with Gasteiger partial charge in [0.15, 0.2) is 0 Å². The number of carbonyl (C=O) groups is 1. The Bertz CT molecular complexity index is 168. The largest absolute Gasteiger partial charge is 0.465 e. The maximum absolute atomic E-state index is 11.0. The zero-order valence-corrected chi connectivity index (χ0v) is 6.46. The second-order valence-electron chi connectivity index (χ2n) is 2.17. The van der Waals surface area contributed by atoms with Crippen molar-refractivity contribution in [2.45, 2.75) is 13.0 Å². The Labute approximate surface area is 65.6 Å². The topological polar surface area (TPSA) is 50.4 Å². The third-order valence-electron chi connectivity index (χ3n) is 1.37. The molecule has 0 amide bonds. The maximum Gasteiger partial charge on any atom is 0.327 e. The molecule has 0 aromatic rings. The van der Waals surface area contributed by atoms with Crippen molar-refractivity contribution in [2.24, 2.45) is 0 Å². The first-order valence-electron chi connectivity index (χ1n) is 3.64. The highest BCUT2D eigenvalue weighted by atomic mass is 16.5. The van der Waals surface area contributed by atoms with E-state index < -0.39 is 0 Å². The molecular weight excluding hydrogens is 144 g/mol.